The molecule has 1 atom stereocenters. The highest BCUT2D eigenvalue weighted by Crippen LogP contribution is 2.40. The van der Waals surface area contributed by atoms with Crippen LogP contribution in [0.4, 0.5) is 0 Å². The minimum absolute atomic E-state index is 0.135. The number of Topliss-reactive ketones (excluding diaryl/α,β-unsaturated/α-hetero) is 1. The Bertz CT molecular complexity index is 1020. The molecule has 1 aliphatic heterocycles. The number of rotatable bonds is 8. The van der Waals surface area contributed by atoms with Crippen molar-refractivity contribution in [2.24, 2.45) is 0 Å². The first-order valence-corrected chi connectivity index (χ1v) is 11.0. The van der Waals surface area contributed by atoms with Crippen LogP contribution in [0.5, 0.6) is 5.75 Å². The molecule has 0 aromatic heterocycles. The summed E-state index contributed by atoms with van der Waals surface area (Å²) in [6, 6.07) is 12.5. The smallest absolute Gasteiger partial charge is 0.295 e. The van der Waals surface area contributed by atoms with Crippen molar-refractivity contribution in [1.82, 2.24) is 9.80 Å². The average Bonchev–Trinajstić information content (AvgIpc) is 2.99. The molecule has 1 saturated heterocycles. The molecule has 1 heterocycles. The summed E-state index contributed by atoms with van der Waals surface area (Å²) in [5.41, 5.74) is 3.33. The Morgan fingerprint density at radius 2 is 1.78 bits per heavy atom. The fourth-order valence-electron chi connectivity index (χ4n) is 4.07. The minimum Gasteiger partial charge on any atom is -0.507 e. The van der Waals surface area contributed by atoms with Crippen LogP contribution in [0.25, 0.3) is 5.76 Å². The van der Waals surface area contributed by atoms with Crippen molar-refractivity contribution in [3.8, 4) is 5.75 Å². The van der Waals surface area contributed by atoms with E-state index in [0.29, 0.717) is 24.5 Å². The molecule has 0 saturated carbocycles. The second kappa shape index (κ2) is 10.0. The lowest BCUT2D eigenvalue weighted by atomic mass is 9.93. The molecule has 32 heavy (non-hydrogen) atoms. The van der Waals surface area contributed by atoms with Gasteiger partial charge in [0.05, 0.1) is 18.2 Å². The van der Waals surface area contributed by atoms with E-state index in [1.807, 2.05) is 70.1 Å². The molecule has 2 aromatic carbocycles. The van der Waals surface area contributed by atoms with Gasteiger partial charge in [-0.2, -0.15) is 0 Å². The molecule has 1 fully saturated rings. The van der Waals surface area contributed by atoms with E-state index < -0.39 is 17.7 Å². The maximum atomic E-state index is 13.1. The summed E-state index contributed by atoms with van der Waals surface area (Å²) in [5, 5.41) is 11.3. The predicted molar refractivity (Wildman–Crippen MR) is 126 cm³/mol. The second-order valence-electron chi connectivity index (χ2n) is 8.47. The van der Waals surface area contributed by atoms with Crippen molar-refractivity contribution in [3.05, 3.63) is 70.3 Å². The molecule has 6 nitrogen and oxygen atoms in total. The van der Waals surface area contributed by atoms with Crippen molar-refractivity contribution >= 4 is 17.4 Å². The molecule has 1 aliphatic rings. The first-order valence-electron chi connectivity index (χ1n) is 11.0. The van der Waals surface area contributed by atoms with Crippen LogP contribution < -0.4 is 4.74 Å². The van der Waals surface area contributed by atoms with E-state index in [0.717, 1.165) is 29.7 Å². The van der Waals surface area contributed by atoms with Gasteiger partial charge in [0.1, 0.15) is 11.5 Å². The van der Waals surface area contributed by atoms with Gasteiger partial charge in [-0.3, -0.25) is 9.59 Å². The number of benzene rings is 2. The van der Waals surface area contributed by atoms with E-state index in [2.05, 4.69) is 0 Å². The number of carbonyl (C=O) groups excluding carboxylic acids is 2. The normalized spacial score (nSPS) is 17.9. The molecule has 0 aliphatic carbocycles. The summed E-state index contributed by atoms with van der Waals surface area (Å²) in [4.78, 5) is 29.7. The molecular formula is C26H32N2O4. The quantitative estimate of drug-likeness (QED) is 0.384. The number of aryl methyl sites for hydroxylation is 2. The van der Waals surface area contributed by atoms with Gasteiger partial charge in [-0.25, -0.2) is 0 Å². The SMILES string of the molecule is CCOc1ccc(/C(O)=C2/C(=O)C(=O)N(CCCN(C)C)C2c2ccc(C)cc2)c(C)c1. The number of likely N-dealkylation sites (tertiary alicyclic amines) is 1. The lowest BCUT2D eigenvalue weighted by molar-refractivity contribution is -0.139. The van der Waals surface area contributed by atoms with Gasteiger partial charge in [0.25, 0.3) is 11.7 Å². The molecule has 0 bridgehead atoms. The number of aliphatic hydroxyl groups is 1. The zero-order valence-corrected chi connectivity index (χ0v) is 19.5. The molecule has 1 N–H and O–H groups in total. The second-order valence-corrected chi connectivity index (χ2v) is 8.47. The number of carbonyl (C=O) groups is 2. The van der Waals surface area contributed by atoms with Gasteiger partial charge in [-0.05, 0) is 77.2 Å². The van der Waals surface area contributed by atoms with Gasteiger partial charge in [0.15, 0.2) is 0 Å². The van der Waals surface area contributed by atoms with Crippen LogP contribution in [0.3, 0.4) is 0 Å². The summed E-state index contributed by atoms with van der Waals surface area (Å²) in [6.07, 6.45) is 0.727. The third-order valence-corrected chi connectivity index (χ3v) is 5.70. The van der Waals surface area contributed by atoms with Crippen LogP contribution in [-0.2, 0) is 9.59 Å². The van der Waals surface area contributed by atoms with Crippen LogP contribution in [0.1, 0.15) is 41.6 Å². The number of hydrogen-bond donors (Lipinski definition) is 1. The number of nitrogens with zero attached hydrogens (tertiary/aromatic N) is 2. The molecule has 6 heteroatoms. The Morgan fingerprint density at radius 1 is 1.09 bits per heavy atom. The van der Waals surface area contributed by atoms with Crippen molar-refractivity contribution in [2.75, 3.05) is 33.8 Å². The largest absolute Gasteiger partial charge is 0.507 e. The highest BCUT2D eigenvalue weighted by Gasteiger charge is 2.45. The van der Waals surface area contributed by atoms with E-state index in [-0.39, 0.29) is 11.3 Å². The Labute approximate surface area is 190 Å². The Balaban J connectivity index is 2.09. The Morgan fingerprint density at radius 3 is 2.38 bits per heavy atom. The first kappa shape index (κ1) is 23.5. The van der Waals surface area contributed by atoms with Gasteiger partial charge in [0, 0.05) is 12.1 Å². The summed E-state index contributed by atoms with van der Waals surface area (Å²) in [6.45, 7) is 7.51. The Kier molecular flexibility index (Phi) is 7.36. The Hall–Kier alpha value is -3.12. The van der Waals surface area contributed by atoms with Gasteiger partial charge in [0.2, 0.25) is 0 Å². The van der Waals surface area contributed by atoms with Crippen molar-refractivity contribution in [2.45, 2.75) is 33.2 Å². The summed E-state index contributed by atoms with van der Waals surface area (Å²) in [5.74, 6) is -0.670. The summed E-state index contributed by atoms with van der Waals surface area (Å²) in [7, 11) is 3.94. The monoisotopic (exact) mass is 436 g/mol. The molecule has 2 aromatic rings. The molecule has 1 amide bonds. The van der Waals surface area contributed by atoms with E-state index >= 15 is 0 Å². The lowest BCUT2D eigenvalue weighted by Crippen LogP contribution is -2.32. The maximum Gasteiger partial charge on any atom is 0.295 e. The van der Waals surface area contributed by atoms with Crippen LogP contribution in [0, 0.1) is 13.8 Å². The molecule has 170 valence electrons. The van der Waals surface area contributed by atoms with Gasteiger partial charge in [-0.1, -0.05) is 29.8 Å². The van der Waals surface area contributed by atoms with E-state index in [1.165, 1.54) is 0 Å². The van der Waals surface area contributed by atoms with E-state index in [9.17, 15) is 14.7 Å². The maximum absolute atomic E-state index is 13.1. The number of amides is 1. The summed E-state index contributed by atoms with van der Waals surface area (Å²) < 4.78 is 5.54. The third kappa shape index (κ3) is 4.86. The molecular weight excluding hydrogens is 404 g/mol. The van der Waals surface area contributed by atoms with Gasteiger partial charge >= 0.3 is 0 Å². The van der Waals surface area contributed by atoms with Crippen LogP contribution in [0.15, 0.2) is 48.0 Å². The highest BCUT2D eigenvalue weighted by atomic mass is 16.5. The van der Waals surface area contributed by atoms with Crippen LogP contribution in [-0.4, -0.2) is 60.4 Å². The fraction of sp³-hybridized carbons (Fsp3) is 0.385. The molecule has 1 unspecified atom stereocenters. The lowest BCUT2D eigenvalue weighted by Gasteiger charge is -2.26. The number of aliphatic hydroxyl groups excluding tert-OH is 1. The number of ether oxygens (including phenoxy) is 1. The number of hydrogen-bond acceptors (Lipinski definition) is 5. The van der Waals surface area contributed by atoms with E-state index in [4.69, 9.17) is 4.74 Å². The zero-order valence-electron chi connectivity index (χ0n) is 19.5. The van der Waals surface area contributed by atoms with Gasteiger partial charge in [-0.15, -0.1) is 0 Å². The standard InChI is InChI=1S/C26H32N2O4/c1-6-32-20-12-13-21(18(3)16-20)24(29)22-23(19-10-8-17(2)9-11-19)28(26(31)25(22)30)15-7-14-27(4)5/h8-13,16,23,29H,6-7,14-15H2,1-5H3/b24-22-. The molecule has 0 radical (unpaired) electrons. The molecule has 0 spiro atoms. The zero-order chi connectivity index (χ0) is 23.4. The van der Waals surface area contributed by atoms with Crippen molar-refractivity contribution in [3.63, 3.8) is 0 Å². The van der Waals surface area contributed by atoms with Crippen LogP contribution in [0.2, 0.25) is 0 Å². The minimum atomic E-state index is -0.647. The van der Waals surface area contributed by atoms with Gasteiger partial charge < -0.3 is 19.6 Å². The first-order chi connectivity index (χ1) is 15.2. The fourth-order valence-corrected chi connectivity index (χ4v) is 4.07. The molecule has 3 rings (SSSR count). The topological polar surface area (TPSA) is 70.1 Å². The number of ketones is 1. The van der Waals surface area contributed by atoms with Crippen molar-refractivity contribution in [1.29, 1.82) is 0 Å². The average molecular weight is 437 g/mol. The van der Waals surface area contributed by atoms with Crippen LogP contribution >= 0.6 is 0 Å². The third-order valence-electron chi connectivity index (χ3n) is 5.70. The predicted octanol–water partition coefficient (Wildman–Crippen LogP) is 4.08. The van der Waals surface area contributed by atoms with E-state index in [1.54, 1.807) is 17.0 Å². The summed E-state index contributed by atoms with van der Waals surface area (Å²) >= 11 is 0. The van der Waals surface area contributed by atoms with Crippen molar-refractivity contribution < 1.29 is 19.4 Å². The highest BCUT2D eigenvalue weighted by molar-refractivity contribution is 6.46.